The Bertz CT molecular complexity index is 476. The summed E-state index contributed by atoms with van der Waals surface area (Å²) in [5, 5.41) is 13.5. The molecule has 0 amide bonds. The van der Waals surface area contributed by atoms with Gasteiger partial charge in [0.05, 0.1) is 0 Å². The Morgan fingerprint density at radius 3 is 2.14 bits per heavy atom. The number of nitrogens with two attached hydrogens (primary N) is 1. The number of aliphatic hydroxyl groups excluding tert-OH is 1. The fourth-order valence-corrected chi connectivity index (χ4v) is 6.16. The first kappa shape index (κ1) is 14.7. The van der Waals surface area contributed by atoms with E-state index < -0.39 is 0 Å². The van der Waals surface area contributed by atoms with Crippen molar-refractivity contribution in [3.63, 3.8) is 0 Å². The van der Waals surface area contributed by atoms with Gasteiger partial charge in [0.2, 0.25) is 0 Å². The van der Waals surface area contributed by atoms with Crippen LogP contribution in [0.2, 0.25) is 0 Å². The average Bonchev–Trinajstić information content (AvgIpc) is 2.51. The molecule has 1 aromatic carbocycles. The van der Waals surface area contributed by atoms with Crippen molar-refractivity contribution in [3.05, 3.63) is 35.9 Å². The van der Waals surface area contributed by atoms with Gasteiger partial charge in [-0.3, -0.25) is 0 Å². The molecular formula is C20H30NO+. The molecule has 2 atom stereocenters. The lowest BCUT2D eigenvalue weighted by Crippen LogP contribution is -2.91. The lowest BCUT2D eigenvalue weighted by atomic mass is 9.47. The van der Waals surface area contributed by atoms with Crippen LogP contribution in [0.4, 0.5) is 0 Å². The Morgan fingerprint density at radius 1 is 1.05 bits per heavy atom. The van der Waals surface area contributed by atoms with Gasteiger partial charge in [0.15, 0.2) is 0 Å². The Balaban J connectivity index is 1.41. The molecule has 0 radical (unpaired) electrons. The highest BCUT2D eigenvalue weighted by atomic mass is 16.3. The first-order chi connectivity index (χ1) is 10.6. The smallest absolute Gasteiger partial charge is 0.111 e. The number of hydrogen-bond acceptors (Lipinski definition) is 1. The third-order valence-corrected chi connectivity index (χ3v) is 6.78. The van der Waals surface area contributed by atoms with Gasteiger partial charge in [-0.15, -0.1) is 0 Å². The number of quaternary nitrogens is 1. The van der Waals surface area contributed by atoms with Gasteiger partial charge in [-0.2, -0.15) is 0 Å². The van der Waals surface area contributed by atoms with Crippen LogP contribution in [-0.2, 0) is 6.54 Å². The lowest BCUT2D eigenvalue weighted by Gasteiger charge is -2.58. The third kappa shape index (κ3) is 2.61. The molecule has 120 valence electrons. The summed E-state index contributed by atoms with van der Waals surface area (Å²) >= 11 is 0. The van der Waals surface area contributed by atoms with Crippen LogP contribution in [0.25, 0.3) is 0 Å². The minimum atomic E-state index is -0.135. The third-order valence-electron chi connectivity index (χ3n) is 6.78. The topological polar surface area (TPSA) is 36.8 Å². The van der Waals surface area contributed by atoms with Crippen molar-refractivity contribution in [3.8, 4) is 0 Å². The van der Waals surface area contributed by atoms with Crippen LogP contribution in [-0.4, -0.2) is 17.3 Å². The van der Waals surface area contributed by atoms with E-state index in [1.807, 2.05) is 0 Å². The van der Waals surface area contributed by atoms with Gasteiger partial charge < -0.3 is 10.4 Å². The number of rotatable bonds is 5. The first-order valence-corrected chi connectivity index (χ1v) is 9.20. The lowest BCUT2D eigenvalue weighted by molar-refractivity contribution is -0.710. The highest BCUT2D eigenvalue weighted by molar-refractivity contribution is 5.13. The minimum Gasteiger partial charge on any atom is -0.386 e. The molecule has 0 unspecified atom stereocenters. The van der Waals surface area contributed by atoms with E-state index in [4.69, 9.17) is 0 Å². The average molecular weight is 300 g/mol. The van der Waals surface area contributed by atoms with E-state index in [-0.39, 0.29) is 11.5 Å². The van der Waals surface area contributed by atoms with Crippen LogP contribution in [0, 0.1) is 23.2 Å². The quantitative estimate of drug-likeness (QED) is 0.862. The van der Waals surface area contributed by atoms with Gasteiger partial charge in [0, 0.05) is 11.0 Å². The monoisotopic (exact) mass is 300 g/mol. The SMILES string of the molecule is C[C@@H]([NH2+]Cc1ccccc1)[C@H](O)C12CC3CC(CC(C3)C1)C2. The van der Waals surface area contributed by atoms with E-state index >= 15 is 0 Å². The Hall–Kier alpha value is -0.860. The molecule has 1 aromatic rings. The molecule has 0 saturated heterocycles. The predicted octanol–water partition coefficient (Wildman–Crippen LogP) is 2.72. The number of aliphatic hydroxyl groups is 1. The van der Waals surface area contributed by atoms with Gasteiger partial charge in [-0.05, 0) is 63.2 Å². The van der Waals surface area contributed by atoms with Crippen molar-refractivity contribution in [1.29, 1.82) is 0 Å². The van der Waals surface area contributed by atoms with E-state index in [0.29, 0.717) is 6.04 Å². The molecule has 0 spiro atoms. The Morgan fingerprint density at radius 2 is 1.59 bits per heavy atom. The molecule has 2 heteroatoms. The van der Waals surface area contributed by atoms with E-state index in [2.05, 4.69) is 42.6 Å². The maximum atomic E-state index is 11.1. The van der Waals surface area contributed by atoms with Gasteiger partial charge in [-0.25, -0.2) is 0 Å². The molecule has 4 saturated carbocycles. The molecule has 3 N–H and O–H groups in total. The zero-order chi connectivity index (χ0) is 15.2. The molecule has 2 nitrogen and oxygen atoms in total. The minimum absolute atomic E-state index is 0.135. The normalized spacial score (nSPS) is 38.9. The summed E-state index contributed by atoms with van der Waals surface area (Å²) in [6.07, 6.45) is 8.11. The molecule has 0 aliphatic heterocycles. The second-order valence-corrected chi connectivity index (χ2v) is 8.51. The maximum Gasteiger partial charge on any atom is 0.111 e. The summed E-state index contributed by atoms with van der Waals surface area (Å²) in [5.74, 6) is 2.76. The van der Waals surface area contributed by atoms with Crippen LogP contribution in [0.1, 0.15) is 51.0 Å². The summed E-state index contributed by atoms with van der Waals surface area (Å²) in [5.41, 5.74) is 1.61. The van der Waals surface area contributed by atoms with Gasteiger partial charge in [-0.1, -0.05) is 30.3 Å². The Labute approximate surface area is 134 Å². The van der Waals surface area contributed by atoms with Gasteiger partial charge >= 0.3 is 0 Å². The fourth-order valence-electron chi connectivity index (χ4n) is 6.16. The largest absolute Gasteiger partial charge is 0.386 e. The van der Waals surface area contributed by atoms with Crippen LogP contribution < -0.4 is 5.32 Å². The summed E-state index contributed by atoms with van der Waals surface area (Å²) in [6.45, 7) is 3.21. The Kier molecular flexibility index (Phi) is 3.78. The zero-order valence-corrected chi connectivity index (χ0v) is 13.7. The van der Waals surface area contributed by atoms with Crippen LogP contribution in [0.15, 0.2) is 30.3 Å². The number of hydrogen-bond donors (Lipinski definition) is 2. The molecule has 4 aliphatic rings. The second kappa shape index (κ2) is 5.65. The van der Waals surface area contributed by atoms with E-state index in [1.54, 1.807) is 0 Å². The highest BCUT2D eigenvalue weighted by Gasteiger charge is 2.55. The van der Waals surface area contributed by atoms with Crippen LogP contribution in [0.5, 0.6) is 0 Å². The van der Waals surface area contributed by atoms with Crippen LogP contribution in [0.3, 0.4) is 0 Å². The second-order valence-electron chi connectivity index (χ2n) is 8.51. The van der Waals surface area contributed by atoms with Gasteiger partial charge in [0.1, 0.15) is 18.7 Å². The van der Waals surface area contributed by atoms with Crippen molar-refractivity contribution < 1.29 is 10.4 Å². The first-order valence-electron chi connectivity index (χ1n) is 9.20. The molecule has 4 bridgehead atoms. The maximum absolute atomic E-state index is 11.1. The van der Waals surface area contributed by atoms with Crippen molar-refractivity contribution in [2.24, 2.45) is 23.2 Å². The molecule has 5 rings (SSSR count). The summed E-state index contributed by atoms with van der Waals surface area (Å²) in [6, 6.07) is 10.9. The van der Waals surface area contributed by atoms with Crippen LogP contribution >= 0.6 is 0 Å². The van der Waals surface area contributed by atoms with Gasteiger partial charge in [0.25, 0.3) is 0 Å². The predicted molar refractivity (Wildman–Crippen MR) is 88.1 cm³/mol. The standard InChI is InChI=1S/C20H29NO/c1-14(21-13-15-5-3-2-4-6-15)19(22)20-10-16-7-17(11-20)9-18(8-16)12-20/h2-6,14,16-19,21-22H,7-13H2,1H3/p+1/t14-,16?,17?,18?,19+,20?/m1/s1. The molecular weight excluding hydrogens is 270 g/mol. The summed E-state index contributed by atoms with van der Waals surface area (Å²) in [4.78, 5) is 0. The molecule has 0 heterocycles. The van der Waals surface area contributed by atoms with E-state index in [9.17, 15) is 5.11 Å². The zero-order valence-electron chi connectivity index (χ0n) is 13.7. The molecule has 4 fully saturated rings. The summed E-state index contributed by atoms with van der Waals surface area (Å²) in [7, 11) is 0. The van der Waals surface area contributed by atoms with E-state index in [1.165, 1.54) is 44.1 Å². The highest BCUT2D eigenvalue weighted by Crippen LogP contribution is 2.61. The van der Waals surface area contributed by atoms with Crippen molar-refractivity contribution in [2.45, 2.75) is 64.1 Å². The van der Waals surface area contributed by atoms with Crippen molar-refractivity contribution in [1.82, 2.24) is 0 Å². The molecule has 0 aromatic heterocycles. The molecule has 22 heavy (non-hydrogen) atoms. The van der Waals surface area contributed by atoms with Crippen molar-refractivity contribution in [2.75, 3.05) is 0 Å². The summed E-state index contributed by atoms with van der Waals surface area (Å²) < 4.78 is 0. The van der Waals surface area contributed by atoms with E-state index in [0.717, 1.165) is 24.3 Å². The molecule has 4 aliphatic carbocycles. The number of benzene rings is 1. The fraction of sp³-hybridized carbons (Fsp3) is 0.700. The van der Waals surface area contributed by atoms with Crippen molar-refractivity contribution >= 4 is 0 Å².